The van der Waals surface area contributed by atoms with Crippen molar-refractivity contribution in [3.8, 4) is 0 Å². The molecule has 1 N–H and O–H groups in total. The van der Waals surface area contributed by atoms with Gasteiger partial charge >= 0.3 is 0 Å². The minimum atomic E-state index is -2.79. The van der Waals surface area contributed by atoms with Crippen LogP contribution in [-0.4, -0.2) is 56.5 Å². The molecule has 2 rings (SSSR count). The molecule has 2 saturated heterocycles. The third kappa shape index (κ3) is 4.37. The fourth-order valence-electron chi connectivity index (χ4n) is 2.66. The predicted octanol–water partition coefficient (Wildman–Crippen LogP) is 0.871. The van der Waals surface area contributed by atoms with E-state index in [4.69, 9.17) is 0 Å². The summed E-state index contributed by atoms with van der Waals surface area (Å²) in [6, 6.07) is 0.353. The van der Waals surface area contributed by atoms with E-state index in [1.807, 2.05) is 0 Å². The highest BCUT2D eigenvalue weighted by molar-refractivity contribution is 7.91. The van der Waals surface area contributed by atoms with E-state index in [0.717, 1.165) is 25.5 Å². The van der Waals surface area contributed by atoms with Crippen molar-refractivity contribution in [3.05, 3.63) is 0 Å². The molecule has 0 bridgehead atoms. The summed E-state index contributed by atoms with van der Waals surface area (Å²) in [5.74, 6) is 1.81. The second-order valence-electron chi connectivity index (χ2n) is 5.93. The van der Waals surface area contributed by atoms with Crippen LogP contribution in [0, 0.1) is 5.92 Å². The molecule has 19 heavy (non-hydrogen) atoms. The highest BCUT2D eigenvalue weighted by atomic mass is 32.2. The molecule has 0 spiro atoms. The van der Waals surface area contributed by atoms with Crippen molar-refractivity contribution in [1.29, 1.82) is 0 Å². The topological polar surface area (TPSA) is 61.8 Å². The first-order chi connectivity index (χ1) is 8.96. The van der Waals surface area contributed by atoms with Gasteiger partial charge in [-0.1, -0.05) is 0 Å². The lowest BCUT2D eigenvalue weighted by atomic mass is 10.1. The van der Waals surface area contributed by atoms with E-state index in [1.54, 1.807) is 0 Å². The van der Waals surface area contributed by atoms with Gasteiger partial charge in [-0.05, 0) is 39.0 Å². The monoisotopic (exact) mass is 287 g/mol. The third-order valence-corrected chi connectivity index (χ3v) is 5.49. The van der Waals surface area contributed by atoms with Crippen LogP contribution in [0.3, 0.4) is 0 Å². The molecule has 0 aliphatic carbocycles. The van der Waals surface area contributed by atoms with Crippen molar-refractivity contribution in [2.75, 3.05) is 31.1 Å². The number of hydrogen-bond acceptors (Lipinski definition) is 3. The zero-order valence-electron chi connectivity index (χ0n) is 11.9. The Bertz CT molecular complexity index is 425. The van der Waals surface area contributed by atoms with Crippen LogP contribution in [0.4, 0.5) is 0 Å². The van der Waals surface area contributed by atoms with E-state index in [9.17, 15) is 8.42 Å². The molecule has 2 aliphatic heterocycles. The van der Waals surface area contributed by atoms with E-state index in [0.29, 0.717) is 24.1 Å². The van der Waals surface area contributed by atoms with Crippen LogP contribution < -0.4 is 5.32 Å². The molecule has 110 valence electrons. The van der Waals surface area contributed by atoms with Gasteiger partial charge in [0.05, 0.1) is 11.5 Å². The molecule has 6 heteroatoms. The van der Waals surface area contributed by atoms with E-state index in [1.165, 1.54) is 12.8 Å². The Kier molecular flexibility index (Phi) is 4.71. The molecule has 5 nitrogen and oxygen atoms in total. The average Bonchev–Trinajstić information content (AvgIpc) is 2.93. The summed E-state index contributed by atoms with van der Waals surface area (Å²) in [5, 5.41) is 3.39. The molecule has 0 saturated carbocycles. The Hall–Kier alpha value is -0.780. The summed E-state index contributed by atoms with van der Waals surface area (Å²) in [6.45, 7) is 6.95. The number of guanidine groups is 1. The molecule has 0 aromatic rings. The lowest BCUT2D eigenvalue weighted by Crippen LogP contribution is -2.43. The summed E-state index contributed by atoms with van der Waals surface area (Å²) in [6.07, 6.45) is 3.20. The van der Waals surface area contributed by atoms with Gasteiger partial charge in [0.25, 0.3) is 0 Å². The Labute approximate surface area is 116 Å². The average molecular weight is 287 g/mol. The minimum Gasteiger partial charge on any atom is -0.354 e. The van der Waals surface area contributed by atoms with Crippen molar-refractivity contribution < 1.29 is 8.42 Å². The molecule has 0 radical (unpaired) electrons. The van der Waals surface area contributed by atoms with Crippen LogP contribution in [-0.2, 0) is 9.84 Å². The fraction of sp³-hybridized carbons (Fsp3) is 0.923. The molecule has 0 amide bonds. The number of nitrogens with one attached hydrogen (secondary N) is 1. The van der Waals surface area contributed by atoms with Gasteiger partial charge in [-0.15, -0.1) is 0 Å². The second-order valence-corrected chi connectivity index (χ2v) is 8.16. The maximum absolute atomic E-state index is 11.4. The molecule has 1 unspecified atom stereocenters. The predicted molar refractivity (Wildman–Crippen MR) is 78.1 cm³/mol. The Morgan fingerprint density at radius 2 is 2.05 bits per heavy atom. The lowest BCUT2D eigenvalue weighted by molar-refractivity contribution is 0.476. The summed E-state index contributed by atoms with van der Waals surface area (Å²) in [5.41, 5.74) is 0. The van der Waals surface area contributed by atoms with E-state index in [2.05, 4.69) is 29.1 Å². The van der Waals surface area contributed by atoms with Crippen LogP contribution in [0.25, 0.3) is 0 Å². The van der Waals surface area contributed by atoms with E-state index < -0.39 is 9.84 Å². The van der Waals surface area contributed by atoms with E-state index in [-0.39, 0.29) is 5.92 Å². The summed E-state index contributed by atoms with van der Waals surface area (Å²) in [4.78, 5) is 6.94. The van der Waals surface area contributed by atoms with E-state index >= 15 is 0 Å². The van der Waals surface area contributed by atoms with Gasteiger partial charge in [0, 0.05) is 25.7 Å². The molecule has 2 heterocycles. The highest BCUT2D eigenvalue weighted by Gasteiger charge is 2.28. The highest BCUT2D eigenvalue weighted by Crippen LogP contribution is 2.19. The van der Waals surface area contributed by atoms with Crippen molar-refractivity contribution in [3.63, 3.8) is 0 Å². The van der Waals surface area contributed by atoms with Gasteiger partial charge in [0.15, 0.2) is 15.8 Å². The quantitative estimate of drug-likeness (QED) is 0.618. The van der Waals surface area contributed by atoms with Crippen LogP contribution in [0.1, 0.15) is 33.1 Å². The van der Waals surface area contributed by atoms with Crippen molar-refractivity contribution in [1.82, 2.24) is 10.2 Å². The maximum atomic E-state index is 11.4. The first-order valence-electron chi connectivity index (χ1n) is 7.22. The lowest BCUT2D eigenvalue weighted by Gasteiger charge is -2.23. The normalized spacial score (nSPS) is 27.2. The summed E-state index contributed by atoms with van der Waals surface area (Å²) >= 11 is 0. The Morgan fingerprint density at radius 1 is 1.37 bits per heavy atom. The summed E-state index contributed by atoms with van der Waals surface area (Å²) < 4.78 is 22.9. The van der Waals surface area contributed by atoms with Crippen LogP contribution in [0.5, 0.6) is 0 Å². The standard InChI is InChI=1S/C13H25N3O2S/c1-11(2)15-13(16-6-3-4-7-16)14-9-12-5-8-19(17,18)10-12/h11-12H,3-10H2,1-2H3,(H,14,15). The molecule has 0 aromatic carbocycles. The SMILES string of the molecule is CC(C)NC(=NCC1CCS(=O)(=O)C1)N1CCCC1. The number of aliphatic imine (C=N–C) groups is 1. The fourth-order valence-corrected chi connectivity index (χ4v) is 4.51. The molecule has 0 aromatic heterocycles. The smallest absolute Gasteiger partial charge is 0.194 e. The van der Waals surface area contributed by atoms with Crippen LogP contribution >= 0.6 is 0 Å². The van der Waals surface area contributed by atoms with Crippen LogP contribution in [0.2, 0.25) is 0 Å². The summed E-state index contributed by atoms with van der Waals surface area (Å²) in [7, 11) is -2.79. The number of likely N-dealkylation sites (tertiary alicyclic amines) is 1. The van der Waals surface area contributed by atoms with Crippen LogP contribution in [0.15, 0.2) is 4.99 Å². The number of hydrogen-bond donors (Lipinski definition) is 1. The number of nitrogens with zero attached hydrogens (tertiary/aromatic N) is 2. The molecule has 1 atom stereocenters. The Morgan fingerprint density at radius 3 is 2.58 bits per heavy atom. The number of sulfone groups is 1. The zero-order valence-corrected chi connectivity index (χ0v) is 12.7. The van der Waals surface area contributed by atoms with Gasteiger partial charge in [0.2, 0.25) is 0 Å². The first kappa shape index (κ1) is 14.6. The second kappa shape index (κ2) is 6.11. The Balaban J connectivity index is 1.95. The third-order valence-electron chi connectivity index (χ3n) is 3.65. The minimum absolute atomic E-state index is 0.205. The zero-order chi connectivity index (χ0) is 13.9. The van der Waals surface area contributed by atoms with Crippen molar-refractivity contribution >= 4 is 15.8 Å². The molecular weight excluding hydrogens is 262 g/mol. The van der Waals surface area contributed by atoms with Crippen molar-refractivity contribution in [2.45, 2.75) is 39.2 Å². The maximum Gasteiger partial charge on any atom is 0.194 e. The molecule has 2 aliphatic rings. The van der Waals surface area contributed by atoms with Gasteiger partial charge in [-0.2, -0.15) is 0 Å². The molecular formula is C13H25N3O2S. The number of rotatable bonds is 3. The molecule has 2 fully saturated rings. The van der Waals surface area contributed by atoms with Crippen molar-refractivity contribution in [2.24, 2.45) is 10.9 Å². The van der Waals surface area contributed by atoms with Gasteiger partial charge in [-0.3, -0.25) is 4.99 Å². The van der Waals surface area contributed by atoms with Gasteiger partial charge < -0.3 is 10.2 Å². The largest absolute Gasteiger partial charge is 0.354 e. The van der Waals surface area contributed by atoms with Gasteiger partial charge in [0.1, 0.15) is 0 Å². The van der Waals surface area contributed by atoms with Gasteiger partial charge in [-0.25, -0.2) is 8.42 Å². The first-order valence-corrected chi connectivity index (χ1v) is 9.05.